The molecule has 0 spiro atoms. The van der Waals surface area contributed by atoms with Crippen molar-refractivity contribution in [2.24, 2.45) is 0 Å². The van der Waals surface area contributed by atoms with Crippen molar-refractivity contribution in [3.05, 3.63) is 0 Å². The normalized spacial score (nSPS) is 4.17. The Balaban J connectivity index is -0.0000000450. The Hall–Kier alpha value is 0.611. The summed E-state index contributed by atoms with van der Waals surface area (Å²) in [5, 5.41) is 0. The van der Waals surface area contributed by atoms with Gasteiger partial charge in [0.2, 0.25) is 0 Å². The molecule has 0 rings (SSSR count). The topological polar surface area (TPSA) is 87.2 Å². The second-order valence-electron chi connectivity index (χ2n) is 0.224. The van der Waals surface area contributed by atoms with Gasteiger partial charge in [-0.15, -0.1) is 0 Å². The van der Waals surface area contributed by atoms with E-state index in [2.05, 4.69) is 0 Å². The standard InChI is InChI=1S/Co.H2O.3O.V/h;1H2;;;;/q+2;;;;-1;/p-1. The summed E-state index contributed by atoms with van der Waals surface area (Å²) in [5.41, 5.74) is 0. The summed E-state index contributed by atoms with van der Waals surface area (Å²) in [5.74, 6) is 0. The Morgan fingerprint density at radius 3 is 1.33 bits per heavy atom. The fourth-order valence-corrected chi connectivity index (χ4v) is 0. The van der Waals surface area contributed by atoms with E-state index in [1.165, 1.54) is 0 Å². The Kier molecular flexibility index (Phi) is 24.3. The predicted octanol–water partition coefficient (Wildman–Crippen LogP) is -1.61. The van der Waals surface area contributed by atoms with Gasteiger partial charge in [-0.2, -0.15) is 0 Å². The molecule has 1 N–H and O–H groups in total. The first-order chi connectivity index (χ1) is 1.73. The predicted molar refractivity (Wildman–Crippen MR) is 3.31 cm³/mol. The van der Waals surface area contributed by atoms with E-state index in [0.717, 1.165) is 0 Å². The van der Waals surface area contributed by atoms with Gasteiger partial charge in [-0.3, -0.25) is 0 Å². The molecule has 0 aromatic rings. The SMILES string of the molecule is [Co+2].[OH-].[O]=[V](=[O])[O-]. The number of hydrogen-bond acceptors (Lipinski definition) is 4. The van der Waals surface area contributed by atoms with Gasteiger partial charge in [-0.05, 0) is 0 Å². The first kappa shape index (κ1) is 16.0. The fraction of sp³-hybridized carbons (Fsp3) is 0. The Morgan fingerprint density at radius 1 is 1.33 bits per heavy atom. The van der Waals surface area contributed by atoms with E-state index in [-0.39, 0.29) is 22.3 Å². The fourth-order valence-electron chi connectivity index (χ4n) is 0. The zero-order chi connectivity index (χ0) is 3.58. The molecule has 0 unspecified atom stereocenters. The minimum absolute atomic E-state index is 0. The van der Waals surface area contributed by atoms with Crippen molar-refractivity contribution in [2.75, 3.05) is 0 Å². The minimum atomic E-state index is -3.94. The summed E-state index contributed by atoms with van der Waals surface area (Å²) in [7, 11) is 0. The van der Waals surface area contributed by atoms with Gasteiger partial charge in [0, 0.05) is 0 Å². The third-order valence-corrected chi connectivity index (χ3v) is 0. The van der Waals surface area contributed by atoms with Gasteiger partial charge < -0.3 is 5.48 Å². The van der Waals surface area contributed by atoms with Crippen LogP contribution >= 0.6 is 0 Å². The monoisotopic (exact) mass is 175 g/mol. The van der Waals surface area contributed by atoms with E-state index in [9.17, 15) is 0 Å². The van der Waals surface area contributed by atoms with Crippen LogP contribution in [-0.2, 0) is 39.5 Å². The maximum absolute atomic E-state index is 8.56. The third-order valence-electron chi connectivity index (χ3n) is 0. The van der Waals surface area contributed by atoms with Crippen LogP contribution in [-0.4, -0.2) is 5.48 Å². The van der Waals surface area contributed by atoms with Crippen LogP contribution in [0.25, 0.3) is 0 Å². The van der Waals surface area contributed by atoms with Gasteiger partial charge in [-0.1, -0.05) is 0 Å². The van der Waals surface area contributed by atoms with Crippen LogP contribution in [0.4, 0.5) is 0 Å². The van der Waals surface area contributed by atoms with Crippen LogP contribution in [0.5, 0.6) is 0 Å². The molecule has 0 heterocycles. The Labute approximate surface area is 49.4 Å². The van der Waals surface area contributed by atoms with Crippen molar-refractivity contribution in [1.82, 2.24) is 0 Å². The molecule has 0 atom stereocenters. The van der Waals surface area contributed by atoms with Crippen molar-refractivity contribution in [1.29, 1.82) is 0 Å². The van der Waals surface area contributed by atoms with E-state index in [1.54, 1.807) is 0 Å². The van der Waals surface area contributed by atoms with E-state index in [1.807, 2.05) is 0 Å². The molecule has 0 saturated heterocycles. The number of rotatable bonds is 0. The molecular weight excluding hydrogens is 174 g/mol. The molecule has 0 saturated carbocycles. The van der Waals surface area contributed by atoms with E-state index < -0.39 is 15.4 Å². The molecule has 1 radical (unpaired) electrons. The molecule has 4 nitrogen and oxygen atoms in total. The molecule has 0 bridgehead atoms. The maximum atomic E-state index is 8.56. The van der Waals surface area contributed by atoms with Crippen molar-refractivity contribution in [3.8, 4) is 0 Å². The molecule has 39 valence electrons. The Bertz CT molecular complexity index is 55.9. The van der Waals surface area contributed by atoms with Gasteiger partial charge in [0.25, 0.3) is 0 Å². The molecule has 0 aliphatic rings. The molecular formula is HCoO4V. The van der Waals surface area contributed by atoms with Crippen LogP contribution in [0.15, 0.2) is 0 Å². The van der Waals surface area contributed by atoms with Crippen molar-refractivity contribution < 1.29 is 49.0 Å². The molecule has 0 aliphatic carbocycles. The van der Waals surface area contributed by atoms with Crippen LogP contribution in [0.1, 0.15) is 0 Å². The summed E-state index contributed by atoms with van der Waals surface area (Å²) < 4.78 is 25.7. The van der Waals surface area contributed by atoms with Gasteiger partial charge >= 0.3 is 43.6 Å². The van der Waals surface area contributed by atoms with Gasteiger partial charge in [-0.25, -0.2) is 0 Å². The van der Waals surface area contributed by atoms with Gasteiger partial charge in [0.1, 0.15) is 0 Å². The van der Waals surface area contributed by atoms with Crippen molar-refractivity contribution in [2.45, 2.75) is 0 Å². The molecule has 0 fully saturated rings. The van der Waals surface area contributed by atoms with Crippen LogP contribution in [0, 0.1) is 0 Å². The summed E-state index contributed by atoms with van der Waals surface area (Å²) in [6.07, 6.45) is 0. The van der Waals surface area contributed by atoms with Crippen LogP contribution in [0.2, 0.25) is 0 Å². The zero-order valence-corrected chi connectivity index (χ0v) is 4.89. The Morgan fingerprint density at radius 2 is 1.33 bits per heavy atom. The van der Waals surface area contributed by atoms with E-state index >= 15 is 0 Å². The second kappa shape index (κ2) is 9.15. The first-order valence-electron chi connectivity index (χ1n) is 0.548. The van der Waals surface area contributed by atoms with E-state index in [4.69, 9.17) is 11.4 Å². The summed E-state index contributed by atoms with van der Waals surface area (Å²) >= 11 is -3.94. The van der Waals surface area contributed by atoms with E-state index in [0.29, 0.717) is 0 Å². The van der Waals surface area contributed by atoms with Crippen LogP contribution < -0.4 is 4.03 Å². The zero-order valence-electron chi connectivity index (χ0n) is 2.45. The van der Waals surface area contributed by atoms with Gasteiger partial charge in [0.05, 0.1) is 0 Å². The molecule has 6 heteroatoms. The molecule has 0 amide bonds. The van der Waals surface area contributed by atoms with Crippen molar-refractivity contribution in [3.63, 3.8) is 0 Å². The summed E-state index contributed by atoms with van der Waals surface area (Å²) in [6.45, 7) is 0. The molecule has 6 heavy (non-hydrogen) atoms. The molecule has 0 aromatic heterocycles. The molecule has 0 aromatic carbocycles. The summed E-state index contributed by atoms with van der Waals surface area (Å²) in [6, 6.07) is 0. The first-order valence-corrected chi connectivity index (χ1v) is 2.26. The van der Waals surface area contributed by atoms with Crippen LogP contribution in [0.3, 0.4) is 0 Å². The molecule has 0 aliphatic heterocycles. The average Bonchev–Trinajstić information content (AvgIpc) is 0.811. The third kappa shape index (κ3) is 161. The average molecular weight is 175 g/mol. The van der Waals surface area contributed by atoms with Crippen molar-refractivity contribution >= 4 is 0 Å². The second-order valence-corrected chi connectivity index (χ2v) is 0.922. The summed E-state index contributed by atoms with van der Waals surface area (Å²) in [4.78, 5) is 0. The quantitative estimate of drug-likeness (QED) is 0.443. The number of hydrogen-bond donors (Lipinski definition) is 0. The van der Waals surface area contributed by atoms with Gasteiger partial charge in [0.15, 0.2) is 0 Å².